The van der Waals surface area contributed by atoms with Gasteiger partial charge in [0.1, 0.15) is 5.78 Å². The summed E-state index contributed by atoms with van der Waals surface area (Å²) in [6.45, 7) is 0. The Balaban J connectivity index is 1.91. The third-order valence-corrected chi connectivity index (χ3v) is 4.75. The molecule has 2 saturated carbocycles. The zero-order chi connectivity index (χ0) is 13.0. The predicted molar refractivity (Wildman–Crippen MR) is 70.5 cm³/mol. The topological polar surface area (TPSA) is 35.5 Å². The van der Waals surface area contributed by atoms with Crippen LogP contribution in [0.1, 0.15) is 51.4 Å². The van der Waals surface area contributed by atoms with E-state index in [0.717, 1.165) is 32.1 Å². The summed E-state index contributed by atoms with van der Waals surface area (Å²) in [6.07, 6.45) is 9.06. The Kier molecular flexibility index (Phi) is 5.19. The SMILES string of the molecule is COC1CCC(C(=O)C2CCCCC2)CC1OC. The van der Waals surface area contributed by atoms with Crippen molar-refractivity contribution in [1.29, 1.82) is 0 Å². The number of carbonyl (C=O) groups is 1. The molecular weight excluding hydrogens is 228 g/mol. The molecule has 3 heteroatoms. The number of ketones is 1. The van der Waals surface area contributed by atoms with Crippen LogP contribution in [0.5, 0.6) is 0 Å². The molecule has 0 aliphatic heterocycles. The first-order valence-corrected chi connectivity index (χ1v) is 7.35. The normalized spacial score (nSPS) is 34.4. The summed E-state index contributed by atoms with van der Waals surface area (Å²) in [5.41, 5.74) is 0. The van der Waals surface area contributed by atoms with Crippen LogP contribution in [0.15, 0.2) is 0 Å². The lowest BCUT2D eigenvalue weighted by atomic mass is 9.75. The molecule has 0 amide bonds. The van der Waals surface area contributed by atoms with Crippen molar-refractivity contribution in [3.63, 3.8) is 0 Å². The number of ether oxygens (including phenoxy) is 2. The largest absolute Gasteiger partial charge is 0.379 e. The Morgan fingerprint density at radius 1 is 0.833 bits per heavy atom. The lowest BCUT2D eigenvalue weighted by Crippen LogP contribution is -2.40. The number of rotatable bonds is 4. The van der Waals surface area contributed by atoms with Crippen LogP contribution in [0.25, 0.3) is 0 Å². The van der Waals surface area contributed by atoms with Crippen LogP contribution in [-0.4, -0.2) is 32.2 Å². The second-order valence-electron chi connectivity index (χ2n) is 5.80. The molecule has 0 heterocycles. The molecule has 2 aliphatic carbocycles. The fraction of sp³-hybridized carbons (Fsp3) is 0.933. The van der Waals surface area contributed by atoms with Gasteiger partial charge in [0.25, 0.3) is 0 Å². The number of hydrogen-bond acceptors (Lipinski definition) is 3. The highest BCUT2D eigenvalue weighted by molar-refractivity contribution is 5.83. The van der Waals surface area contributed by atoms with E-state index in [1.165, 1.54) is 19.3 Å². The summed E-state index contributed by atoms with van der Waals surface area (Å²) in [4.78, 5) is 12.5. The molecule has 104 valence electrons. The van der Waals surface area contributed by atoms with Crippen molar-refractivity contribution in [3.05, 3.63) is 0 Å². The molecule has 0 bridgehead atoms. The van der Waals surface area contributed by atoms with E-state index in [0.29, 0.717) is 11.7 Å². The Labute approximate surface area is 110 Å². The van der Waals surface area contributed by atoms with Gasteiger partial charge in [-0.3, -0.25) is 4.79 Å². The van der Waals surface area contributed by atoms with Crippen LogP contribution in [0.3, 0.4) is 0 Å². The molecule has 0 N–H and O–H groups in total. The highest BCUT2D eigenvalue weighted by Gasteiger charge is 2.36. The molecular formula is C15H26O3. The van der Waals surface area contributed by atoms with Crippen molar-refractivity contribution in [1.82, 2.24) is 0 Å². The van der Waals surface area contributed by atoms with E-state index >= 15 is 0 Å². The quantitative estimate of drug-likeness (QED) is 0.773. The summed E-state index contributed by atoms with van der Waals surface area (Å²) >= 11 is 0. The van der Waals surface area contributed by atoms with E-state index in [1.807, 2.05) is 0 Å². The van der Waals surface area contributed by atoms with E-state index in [1.54, 1.807) is 14.2 Å². The minimum Gasteiger partial charge on any atom is -0.379 e. The molecule has 0 radical (unpaired) electrons. The Hall–Kier alpha value is -0.410. The van der Waals surface area contributed by atoms with Crippen molar-refractivity contribution in [2.45, 2.75) is 63.6 Å². The fourth-order valence-electron chi connectivity index (χ4n) is 3.60. The van der Waals surface area contributed by atoms with E-state index in [9.17, 15) is 4.79 Å². The van der Waals surface area contributed by atoms with Crippen molar-refractivity contribution in [2.24, 2.45) is 11.8 Å². The first-order valence-electron chi connectivity index (χ1n) is 7.35. The second kappa shape index (κ2) is 6.67. The van der Waals surface area contributed by atoms with Crippen molar-refractivity contribution >= 4 is 5.78 Å². The van der Waals surface area contributed by atoms with Crippen LogP contribution >= 0.6 is 0 Å². The third-order valence-electron chi connectivity index (χ3n) is 4.75. The molecule has 18 heavy (non-hydrogen) atoms. The first kappa shape index (κ1) is 14.0. The van der Waals surface area contributed by atoms with Gasteiger partial charge in [-0.2, -0.15) is 0 Å². The van der Waals surface area contributed by atoms with Gasteiger partial charge in [0.2, 0.25) is 0 Å². The zero-order valence-corrected chi connectivity index (χ0v) is 11.7. The van der Waals surface area contributed by atoms with Crippen LogP contribution in [0.4, 0.5) is 0 Å². The molecule has 0 aromatic rings. The molecule has 2 rings (SSSR count). The van der Waals surface area contributed by atoms with Gasteiger partial charge >= 0.3 is 0 Å². The minimum absolute atomic E-state index is 0.0984. The predicted octanol–water partition coefficient (Wildman–Crippen LogP) is 2.97. The Morgan fingerprint density at radius 3 is 2.11 bits per heavy atom. The highest BCUT2D eigenvalue weighted by Crippen LogP contribution is 2.34. The van der Waals surface area contributed by atoms with E-state index in [-0.39, 0.29) is 18.1 Å². The van der Waals surface area contributed by atoms with Crippen molar-refractivity contribution in [3.8, 4) is 0 Å². The molecule has 3 nitrogen and oxygen atoms in total. The molecule has 0 aromatic heterocycles. The van der Waals surface area contributed by atoms with Gasteiger partial charge in [-0.25, -0.2) is 0 Å². The van der Waals surface area contributed by atoms with Gasteiger partial charge in [0.15, 0.2) is 0 Å². The summed E-state index contributed by atoms with van der Waals surface area (Å²) in [6, 6.07) is 0. The average molecular weight is 254 g/mol. The molecule has 3 atom stereocenters. The lowest BCUT2D eigenvalue weighted by molar-refractivity contribution is -0.134. The number of Topliss-reactive ketones (excluding diaryl/α,β-unsaturated/α-hetero) is 1. The first-order chi connectivity index (χ1) is 8.76. The summed E-state index contributed by atoms with van der Waals surface area (Å²) < 4.78 is 10.9. The highest BCUT2D eigenvalue weighted by atomic mass is 16.5. The number of methoxy groups -OCH3 is 2. The Bertz CT molecular complexity index is 271. The maximum absolute atomic E-state index is 12.5. The minimum atomic E-state index is 0.0984. The van der Waals surface area contributed by atoms with Gasteiger partial charge in [-0.05, 0) is 32.1 Å². The standard InChI is InChI=1S/C15H26O3/c1-17-13-9-8-12(10-14(13)18-2)15(16)11-6-4-3-5-7-11/h11-14H,3-10H2,1-2H3. The lowest BCUT2D eigenvalue weighted by Gasteiger charge is -2.35. The zero-order valence-electron chi connectivity index (χ0n) is 11.7. The van der Waals surface area contributed by atoms with Crippen LogP contribution in [-0.2, 0) is 14.3 Å². The average Bonchev–Trinajstić information content (AvgIpc) is 2.46. The fourth-order valence-corrected chi connectivity index (χ4v) is 3.60. The van der Waals surface area contributed by atoms with Gasteiger partial charge in [-0.15, -0.1) is 0 Å². The summed E-state index contributed by atoms with van der Waals surface area (Å²) in [5.74, 6) is 1.05. The molecule has 2 fully saturated rings. The van der Waals surface area contributed by atoms with Crippen LogP contribution in [0, 0.1) is 11.8 Å². The molecule has 2 aliphatic rings. The van der Waals surface area contributed by atoms with Crippen molar-refractivity contribution in [2.75, 3.05) is 14.2 Å². The molecule has 3 unspecified atom stereocenters. The second-order valence-corrected chi connectivity index (χ2v) is 5.80. The van der Waals surface area contributed by atoms with Gasteiger partial charge in [-0.1, -0.05) is 19.3 Å². The van der Waals surface area contributed by atoms with Crippen molar-refractivity contribution < 1.29 is 14.3 Å². The maximum atomic E-state index is 12.5. The Morgan fingerprint density at radius 2 is 1.50 bits per heavy atom. The van der Waals surface area contributed by atoms with Crippen LogP contribution in [0.2, 0.25) is 0 Å². The molecule has 0 aromatic carbocycles. The van der Waals surface area contributed by atoms with Gasteiger partial charge in [0, 0.05) is 26.1 Å². The van der Waals surface area contributed by atoms with E-state index < -0.39 is 0 Å². The van der Waals surface area contributed by atoms with E-state index in [2.05, 4.69) is 0 Å². The van der Waals surface area contributed by atoms with Gasteiger partial charge in [0.05, 0.1) is 12.2 Å². The molecule has 0 spiro atoms. The number of hydrogen-bond donors (Lipinski definition) is 0. The summed E-state index contributed by atoms with van der Waals surface area (Å²) in [7, 11) is 3.46. The monoisotopic (exact) mass is 254 g/mol. The smallest absolute Gasteiger partial charge is 0.139 e. The third kappa shape index (κ3) is 3.12. The van der Waals surface area contributed by atoms with Crippen LogP contribution < -0.4 is 0 Å². The maximum Gasteiger partial charge on any atom is 0.139 e. The van der Waals surface area contributed by atoms with Gasteiger partial charge < -0.3 is 9.47 Å². The molecule has 0 saturated heterocycles. The summed E-state index contributed by atoms with van der Waals surface area (Å²) in [5, 5.41) is 0. The number of carbonyl (C=O) groups excluding carboxylic acids is 1. The van der Waals surface area contributed by atoms with E-state index in [4.69, 9.17) is 9.47 Å².